The first-order valence-electron chi connectivity index (χ1n) is 8.19. The first kappa shape index (κ1) is 11.6. The fourth-order valence-electron chi connectivity index (χ4n) is 2.25. The molecule has 0 amide bonds. The molecule has 0 saturated carbocycles. The minimum Gasteiger partial charge on any atom is -0.508 e. The molecule has 1 heterocycles. The summed E-state index contributed by atoms with van der Waals surface area (Å²) >= 11 is 0. The number of alkyl halides is 2. The second-order valence-electron chi connectivity index (χ2n) is 4.84. The Bertz CT molecular complexity index is 949. The summed E-state index contributed by atoms with van der Waals surface area (Å²) in [7, 11) is -2.70. The van der Waals surface area contributed by atoms with Crippen LogP contribution in [0, 0.1) is 0 Å². The molecule has 4 nitrogen and oxygen atoms in total. The van der Waals surface area contributed by atoms with Crippen molar-refractivity contribution in [1.29, 1.82) is 0 Å². The lowest BCUT2D eigenvalue weighted by Crippen LogP contribution is -1.96. The van der Waals surface area contributed by atoms with Gasteiger partial charge in [0.25, 0.3) is 6.43 Å². The molecule has 23 heavy (non-hydrogen) atoms. The fourth-order valence-corrected chi connectivity index (χ4v) is 2.25. The average Bonchev–Trinajstić information content (AvgIpc) is 2.55. The third kappa shape index (κ3) is 3.01. The van der Waals surface area contributed by atoms with Gasteiger partial charge in [0.05, 0.1) is 22.4 Å². The number of hydrogen-bond acceptors (Lipinski definition) is 4. The SMILES string of the molecule is [2H]C([2H])([2H])Oc1cc(O)ccc1Nc1ccnc2cc(C(F)F)ccc12. The third-order valence-corrected chi connectivity index (χ3v) is 3.36. The molecule has 0 aliphatic rings. The zero-order valence-electron chi connectivity index (χ0n) is 14.8. The van der Waals surface area contributed by atoms with Gasteiger partial charge in [0.15, 0.2) is 0 Å². The number of phenols is 1. The molecule has 3 rings (SSSR count). The molecule has 0 bridgehead atoms. The van der Waals surface area contributed by atoms with Crippen molar-refractivity contribution in [1.82, 2.24) is 4.98 Å². The van der Waals surface area contributed by atoms with Crippen LogP contribution in [-0.2, 0) is 0 Å². The van der Waals surface area contributed by atoms with Crippen LogP contribution in [0.3, 0.4) is 0 Å². The van der Waals surface area contributed by atoms with E-state index in [0.29, 0.717) is 22.3 Å². The number of ether oxygens (including phenoxy) is 1. The Hall–Kier alpha value is -2.89. The molecular weight excluding hydrogens is 302 g/mol. The number of rotatable bonds is 4. The van der Waals surface area contributed by atoms with E-state index in [1.54, 1.807) is 6.07 Å². The van der Waals surface area contributed by atoms with E-state index in [1.807, 2.05) is 0 Å². The van der Waals surface area contributed by atoms with Gasteiger partial charge in [0.1, 0.15) is 11.5 Å². The van der Waals surface area contributed by atoms with Gasteiger partial charge in [-0.15, -0.1) is 0 Å². The van der Waals surface area contributed by atoms with Gasteiger partial charge < -0.3 is 15.2 Å². The maximum Gasteiger partial charge on any atom is 0.263 e. The van der Waals surface area contributed by atoms with Crippen LogP contribution in [0.5, 0.6) is 11.5 Å². The van der Waals surface area contributed by atoms with E-state index in [4.69, 9.17) is 8.85 Å². The van der Waals surface area contributed by atoms with E-state index in [0.717, 1.165) is 0 Å². The van der Waals surface area contributed by atoms with Gasteiger partial charge in [-0.25, -0.2) is 8.78 Å². The molecule has 2 N–H and O–H groups in total. The summed E-state index contributed by atoms with van der Waals surface area (Å²) in [5, 5.41) is 13.2. The number of methoxy groups -OCH3 is 1. The smallest absolute Gasteiger partial charge is 0.263 e. The summed E-state index contributed by atoms with van der Waals surface area (Å²) in [4.78, 5) is 4.09. The molecule has 0 fully saturated rings. The fraction of sp³-hybridized carbons (Fsp3) is 0.118. The van der Waals surface area contributed by atoms with Gasteiger partial charge in [-0.1, -0.05) is 12.1 Å². The molecule has 0 atom stereocenters. The summed E-state index contributed by atoms with van der Waals surface area (Å²) in [6, 6.07) is 9.72. The number of benzene rings is 2. The van der Waals surface area contributed by atoms with Crippen LogP contribution in [0.2, 0.25) is 0 Å². The zero-order valence-corrected chi connectivity index (χ0v) is 11.8. The summed E-state index contributed by atoms with van der Waals surface area (Å²) in [5.41, 5.74) is 1.05. The van der Waals surface area contributed by atoms with Gasteiger partial charge in [-0.05, 0) is 24.3 Å². The Morgan fingerprint density at radius 3 is 2.83 bits per heavy atom. The number of nitrogens with zero attached hydrogens (tertiary/aromatic N) is 1. The largest absolute Gasteiger partial charge is 0.508 e. The number of anilines is 2. The van der Waals surface area contributed by atoms with Gasteiger partial charge in [-0.2, -0.15) is 0 Å². The molecule has 118 valence electrons. The van der Waals surface area contributed by atoms with Crippen LogP contribution in [0.4, 0.5) is 20.2 Å². The van der Waals surface area contributed by atoms with E-state index >= 15 is 0 Å². The monoisotopic (exact) mass is 319 g/mol. The van der Waals surface area contributed by atoms with Crippen molar-refractivity contribution >= 4 is 22.3 Å². The van der Waals surface area contributed by atoms with Gasteiger partial charge in [0.2, 0.25) is 0 Å². The number of aromatic hydroxyl groups is 1. The van der Waals surface area contributed by atoms with Crippen molar-refractivity contribution in [2.45, 2.75) is 6.43 Å². The minimum atomic E-state index is -2.70. The van der Waals surface area contributed by atoms with Crippen molar-refractivity contribution in [2.24, 2.45) is 0 Å². The number of fused-ring (bicyclic) bond motifs is 1. The quantitative estimate of drug-likeness (QED) is 0.688. The van der Waals surface area contributed by atoms with Crippen molar-refractivity contribution < 1.29 is 22.7 Å². The van der Waals surface area contributed by atoms with Gasteiger partial charge in [0, 0.05) is 28.9 Å². The summed E-state index contributed by atoms with van der Waals surface area (Å²) in [6.07, 6.45) is -1.15. The topological polar surface area (TPSA) is 54.4 Å². The Balaban J connectivity index is 2.01. The van der Waals surface area contributed by atoms with Crippen molar-refractivity contribution in [3.63, 3.8) is 0 Å². The number of phenolic OH excluding ortho intramolecular Hbond substituents is 1. The Morgan fingerprint density at radius 2 is 2.04 bits per heavy atom. The highest BCUT2D eigenvalue weighted by Crippen LogP contribution is 2.34. The van der Waals surface area contributed by atoms with Crippen LogP contribution < -0.4 is 10.1 Å². The summed E-state index contributed by atoms with van der Waals surface area (Å²) < 4.78 is 52.3. The van der Waals surface area contributed by atoms with E-state index in [-0.39, 0.29) is 17.1 Å². The van der Waals surface area contributed by atoms with E-state index in [1.165, 1.54) is 42.6 Å². The molecule has 0 saturated heterocycles. The standard InChI is InChI=1S/C17H14F2N2O2/c1-23-16-9-11(22)3-5-14(16)21-13-6-7-20-15-8-10(17(18)19)2-4-12(13)15/h2-9,17,22H,1H3,(H,20,21)/i1D3. The normalized spacial score (nSPS) is 13.4. The second-order valence-corrected chi connectivity index (χ2v) is 4.84. The lowest BCUT2D eigenvalue weighted by molar-refractivity contribution is 0.151. The lowest BCUT2D eigenvalue weighted by atomic mass is 10.1. The summed E-state index contributed by atoms with van der Waals surface area (Å²) in [5.74, 6) is -0.227. The van der Waals surface area contributed by atoms with E-state index in [2.05, 4.69) is 10.3 Å². The van der Waals surface area contributed by atoms with Crippen LogP contribution in [-0.4, -0.2) is 17.1 Å². The predicted molar refractivity (Wildman–Crippen MR) is 84.6 cm³/mol. The number of hydrogen-bond donors (Lipinski definition) is 2. The number of aromatic nitrogens is 1. The van der Waals surface area contributed by atoms with E-state index < -0.39 is 13.5 Å². The Morgan fingerprint density at radius 1 is 1.17 bits per heavy atom. The minimum absolute atomic E-state index is 0.0702. The molecule has 0 unspecified atom stereocenters. The molecule has 0 aliphatic carbocycles. The van der Waals surface area contributed by atoms with Crippen LogP contribution in [0.15, 0.2) is 48.7 Å². The first-order chi connectivity index (χ1) is 12.2. The molecule has 1 aromatic heterocycles. The van der Waals surface area contributed by atoms with Crippen LogP contribution in [0.1, 0.15) is 16.1 Å². The molecule has 2 aromatic carbocycles. The Kier molecular flexibility index (Phi) is 3.08. The van der Waals surface area contributed by atoms with E-state index in [9.17, 15) is 13.9 Å². The highest BCUT2D eigenvalue weighted by molar-refractivity contribution is 5.93. The maximum atomic E-state index is 12.9. The second kappa shape index (κ2) is 6.08. The Labute approximate surface area is 135 Å². The molecule has 0 radical (unpaired) electrons. The molecule has 6 heteroatoms. The number of halogens is 2. The predicted octanol–water partition coefficient (Wildman–Crippen LogP) is 4.63. The zero-order chi connectivity index (χ0) is 18.9. The summed E-state index contributed by atoms with van der Waals surface area (Å²) in [6.45, 7) is 0. The van der Waals surface area contributed by atoms with Gasteiger partial charge >= 0.3 is 0 Å². The molecular formula is C17H14F2N2O2. The lowest BCUT2D eigenvalue weighted by Gasteiger charge is -2.13. The maximum absolute atomic E-state index is 12.9. The molecule has 3 aromatic rings. The highest BCUT2D eigenvalue weighted by atomic mass is 19.3. The van der Waals surface area contributed by atoms with Crippen molar-refractivity contribution in [2.75, 3.05) is 12.4 Å². The average molecular weight is 319 g/mol. The third-order valence-electron chi connectivity index (χ3n) is 3.36. The molecule has 0 spiro atoms. The highest BCUT2D eigenvalue weighted by Gasteiger charge is 2.11. The number of nitrogens with one attached hydrogen (secondary N) is 1. The van der Waals surface area contributed by atoms with Gasteiger partial charge in [-0.3, -0.25) is 4.98 Å². The van der Waals surface area contributed by atoms with Crippen molar-refractivity contribution in [3.05, 3.63) is 54.2 Å². The molecule has 0 aliphatic heterocycles. The number of pyridine rings is 1. The van der Waals surface area contributed by atoms with Crippen LogP contribution in [0.25, 0.3) is 10.9 Å². The van der Waals surface area contributed by atoms with Crippen molar-refractivity contribution in [3.8, 4) is 11.5 Å². The van der Waals surface area contributed by atoms with Crippen LogP contribution >= 0.6 is 0 Å². The first-order valence-corrected chi connectivity index (χ1v) is 6.69.